The molecule has 1 aromatic carbocycles. The van der Waals surface area contributed by atoms with Gasteiger partial charge in [-0.2, -0.15) is 0 Å². The minimum Gasteiger partial charge on any atom is -0.454 e. The van der Waals surface area contributed by atoms with Gasteiger partial charge in [0, 0.05) is 14.0 Å². The summed E-state index contributed by atoms with van der Waals surface area (Å²) < 4.78 is 5.41. The van der Waals surface area contributed by atoms with Crippen LogP contribution in [0.25, 0.3) is 0 Å². The summed E-state index contributed by atoms with van der Waals surface area (Å²) in [5.41, 5.74) is 6.37. The lowest BCUT2D eigenvalue weighted by atomic mass is 10.2. The molecule has 15 heavy (non-hydrogen) atoms. The standard InChI is InChI=1S/C12H15NO2/c1-4-10(2)15-12-7-5-11(6-8-12)9-14-13-3/h5-8,13H,1,9H2,2-3H3. The van der Waals surface area contributed by atoms with Crippen LogP contribution in [0.1, 0.15) is 12.5 Å². The Labute approximate surface area is 90.0 Å². The molecule has 80 valence electrons. The minimum absolute atomic E-state index is 0.535. The van der Waals surface area contributed by atoms with Crippen LogP contribution in [0.15, 0.2) is 42.3 Å². The largest absolute Gasteiger partial charge is 0.454 e. The molecule has 0 atom stereocenters. The highest BCUT2D eigenvalue weighted by Crippen LogP contribution is 2.14. The summed E-state index contributed by atoms with van der Waals surface area (Å²) in [6.07, 6.45) is 0. The predicted molar refractivity (Wildman–Crippen MR) is 59.2 cm³/mol. The van der Waals surface area contributed by atoms with E-state index in [0.717, 1.165) is 11.3 Å². The van der Waals surface area contributed by atoms with E-state index < -0.39 is 0 Å². The normalized spacial score (nSPS) is 9.47. The molecule has 0 saturated heterocycles. The summed E-state index contributed by atoms with van der Waals surface area (Å²) in [5.74, 6) is 1.44. The first kappa shape index (κ1) is 11.5. The van der Waals surface area contributed by atoms with Crippen molar-refractivity contribution in [3.8, 4) is 5.75 Å². The Morgan fingerprint density at radius 2 is 2.07 bits per heavy atom. The summed E-state index contributed by atoms with van der Waals surface area (Å²) in [7, 11) is 1.73. The van der Waals surface area contributed by atoms with Crippen LogP contribution < -0.4 is 10.2 Å². The first-order valence-electron chi connectivity index (χ1n) is 4.68. The fraction of sp³-hybridized carbons (Fsp3) is 0.250. The molecule has 0 fully saturated rings. The van der Waals surface area contributed by atoms with Crippen molar-refractivity contribution in [3.05, 3.63) is 47.9 Å². The Hall–Kier alpha value is -1.54. The Kier molecular flexibility index (Phi) is 4.64. The van der Waals surface area contributed by atoms with Gasteiger partial charge in [-0.3, -0.25) is 4.84 Å². The maximum absolute atomic E-state index is 5.41. The number of benzene rings is 1. The Bertz CT molecular complexity index is 350. The number of hydrogen-bond donors (Lipinski definition) is 1. The zero-order valence-electron chi connectivity index (χ0n) is 9.04. The molecule has 0 amide bonds. The lowest BCUT2D eigenvalue weighted by molar-refractivity contribution is 0.0444. The Morgan fingerprint density at radius 3 is 2.60 bits per heavy atom. The fourth-order valence-corrected chi connectivity index (χ4v) is 1.02. The SMILES string of the molecule is C=C=C(C)Oc1ccc(CONC)cc1. The second kappa shape index (κ2) is 6.04. The van der Waals surface area contributed by atoms with Crippen molar-refractivity contribution in [1.82, 2.24) is 5.48 Å². The number of allylic oxidation sites excluding steroid dienone is 1. The van der Waals surface area contributed by atoms with E-state index in [1.54, 1.807) is 7.05 Å². The van der Waals surface area contributed by atoms with Gasteiger partial charge in [-0.1, -0.05) is 24.4 Å². The third-order valence-electron chi connectivity index (χ3n) is 1.83. The van der Waals surface area contributed by atoms with Gasteiger partial charge in [-0.25, -0.2) is 5.48 Å². The van der Waals surface area contributed by atoms with Gasteiger partial charge in [0.2, 0.25) is 0 Å². The van der Waals surface area contributed by atoms with E-state index in [4.69, 9.17) is 9.57 Å². The number of nitrogens with one attached hydrogen (secondary N) is 1. The van der Waals surface area contributed by atoms with Crippen molar-refractivity contribution in [2.75, 3.05) is 7.05 Å². The van der Waals surface area contributed by atoms with E-state index in [9.17, 15) is 0 Å². The highest BCUT2D eigenvalue weighted by molar-refractivity contribution is 5.28. The van der Waals surface area contributed by atoms with Gasteiger partial charge in [-0.05, 0) is 17.7 Å². The van der Waals surface area contributed by atoms with Gasteiger partial charge in [0.15, 0.2) is 0 Å². The smallest absolute Gasteiger partial charge is 0.142 e. The molecule has 0 spiro atoms. The highest BCUT2D eigenvalue weighted by atomic mass is 16.6. The maximum atomic E-state index is 5.41. The molecule has 0 aliphatic heterocycles. The van der Waals surface area contributed by atoms with Crippen molar-refractivity contribution in [3.63, 3.8) is 0 Å². The molecular formula is C12H15NO2. The average Bonchev–Trinajstić information content (AvgIpc) is 2.28. The van der Waals surface area contributed by atoms with E-state index in [2.05, 4.69) is 17.8 Å². The number of rotatable bonds is 5. The van der Waals surface area contributed by atoms with Gasteiger partial charge in [-0.15, -0.1) is 0 Å². The molecule has 3 nitrogen and oxygen atoms in total. The van der Waals surface area contributed by atoms with Crippen LogP contribution in [0.3, 0.4) is 0 Å². The molecule has 1 rings (SSSR count). The fourth-order valence-electron chi connectivity index (χ4n) is 1.02. The van der Waals surface area contributed by atoms with E-state index in [1.165, 1.54) is 0 Å². The van der Waals surface area contributed by atoms with E-state index in [0.29, 0.717) is 12.4 Å². The molecule has 0 aromatic heterocycles. The van der Waals surface area contributed by atoms with Gasteiger partial charge in [0.25, 0.3) is 0 Å². The zero-order chi connectivity index (χ0) is 11.1. The number of hydrogen-bond acceptors (Lipinski definition) is 3. The monoisotopic (exact) mass is 205 g/mol. The summed E-state index contributed by atoms with van der Waals surface area (Å²) in [4.78, 5) is 5.04. The molecule has 0 saturated carbocycles. The van der Waals surface area contributed by atoms with Crippen molar-refractivity contribution < 1.29 is 9.57 Å². The third-order valence-corrected chi connectivity index (χ3v) is 1.83. The van der Waals surface area contributed by atoms with Crippen LogP contribution in [0, 0.1) is 0 Å². The van der Waals surface area contributed by atoms with E-state index in [-0.39, 0.29) is 0 Å². The quantitative estimate of drug-likeness (QED) is 0.455. The first-order chi connectivity index (χ1) is 7.26. The highest BCUT2D eigenvalue weighted by Gasteiger charge is 1.96. The molecule has 1 N–H and O–H groups in total. The van der Waals surface area contributed by atoms with Crippen LogP contribution in [-0.2, 0) is 11.4 Å². The van der Waals surface area contributed by atoms with Crippen LogP contribution >= 0.6 is 0 Å². The van der Waals surface area contributed by atoms with Crippen LogP contribution in [0.2, 0.25) is 0 Å². The first-order valence-corrected chi connectivity index (χ1v) is 4.68. The van der Waals surface area contributed by atoms with E-state index in [1.807, 2.05) is 31.2 Å². The molecule has 3 heteroatoms. The Balaban J connectivity index is 2.60. The summed E-state index contributed by atoms with van der Waals surface area (Å²) in [6.45, 7) is 5.84. The Morgan fingerprint density at radius 1 is 1.40 bits per heavy atom. The predicted octanol–water partition coefficient (Wildman–Crippen LogP) is 2.41. The third kappa shape index (κ3) is 4.00. The molecule has 1 aromatic rings. The second-order valence-electron chi connectivity index (χ2n) is 2.97. The van der Waals surface area contributed by atoms with Gasteiger partial charge in [0.1, 0.15) is 11.5 Å². The molecule has 0 unspecified atom stereocenters. The van der Waals surface area contributed by atoms with Crippen LogP contribution in [-0.4, -0.2) is 7.05 Å². The van der Waals surface area contributed by atoms with Crippen molar-refractivity contribution in [2.45, 2.75) is 13.5 Å². The summed E-state index contributed by atoms with van der Waals surface area (Å²) >= 11 is 0. The van der Waals surface area contributed by atoms with Gasteiger partial charge < -0.3 is 4.74 Å². The zero-order valence-corrected chi connectivity index (χ0v) is 9.04. The number of ether oxygens (including phenoxy) is 1. The maximum Gasteiger partial charge on any atom is 0.142 e. The van der Waals surface area contributed by atoms with Gasteiger partial charge in [0.05, 0.1) is 6.61 Å². The summed E-state index contributed by atoms with van der Waals surface area (Å²) in [5, 5.41) is 0. The molecule has 0 aliphatic carbocycles. The molecule has 0 aliphatic rings. The van der Waals surface area contributed by atoms with Crippen molar-refractivity contribution in [1.29, 1.82) is 0 Å². The summed E-state index contributed by atoms with van der Waals surface area (Å²) in [6, 6.07) is 7.66. The minimum atomic E-state index is 0.535. The molecular weight excluding hydrogens is 190 g/mol. The van der Waals surface area contributed by atoms with Gasteiger partial charge >= 0.3 is 0 Å². The topological polar surface area (TPSA) is 30.5 Å². The molecule has 0 heterocycles. The van der Waals surface area contributed by atoms with Crippen LogP contribution in [0.5, 0.6) is 5.75 Å². The van der Waals surface area contributed by atoms with Crippen molar-refractivity contribution in [2.24, 2.45) is 0 Å². The number of hydroxylamine groups is 1. The van der Waals surface area contributed by atoms with E-state index >= 15 is 0 Å². The van der Waals surface area contributed by atoms with Crippen LogP contribution in [0.4, 0.5) is 0 Å². The molecule has 0 bridgehead atoms. The lowest BCUT2D eigenvalue weighted by Gasteiger charge is -2.05. The molecule has 0 radical (unpaired) electrons. The second-order valence-corrected chi connectivity index (χ2v) is 2.97. The lowest BCUT2D eigenvalue weighted by Crippen LogP contribution is -2.06. The average molecular weight is 205 g/mol. The van der Waals surface area contributed by atoms with Crippen molar-refractivity contribution >= 4 is 0 Å².